The summed E-state index contributed by atoms with van der Waals surface area (Å²) in [4.78, 5) is 11.5. The highest BCUT2D eigenvalue weighted by Gasteiger charge is 2.27. The monoisotopic (exact) mass is 358 g/mol. The Bertz CT molecular complexity index is 1080. The zero-order valence-corrected chi connectivity index (χ0v) is 14.7. The SMILES string of the molecule is C[C@H]1CCN1c1nc(-c2cccc(S(N)(=O)=O)c2)c2c(cnn2C)n1. The van der Waals surface area contributed by atoms with E-state index in [1.54, 1.807) is 16.9 Å². The van der Waals surface area contributed by atoms with Crippen molar-refractivity contribution in [1.29, 1.82) is 0 Å². The molecule has 0 unspecified atom stereocenters. The van der Waals surface area contributed by atoms with Gasteiger partial charge in [0.25, 0.3) is 0 Å². The quantitative estimate of drug-likeness (QED) is 0.756. The number of aromatic nitrogens is 4. The molecule has 0 saturated carbocycles. The molecule has 3 heterocycles. The van der Waals surface area contributed by atoms with Crippen LogP contribution in [0.25, 0.3) is 22.3 Å². The molecular formula is C16H18N6O2S. The Hall–Kier alpha value is -2.52. The van der Waals surface area contributed by atoms with Crippen molar-refractivity contribution in [2.75, 3.05) is 11.4 Å². The van der Waals surface area contributed by atoms with Crippen molar-refractivity contribution in [2.45, 2.75) is 24.3 Å². The van der Waals surface area contributed by atoms with E-state index >= 15 is 0 Å². The molecule has 2 N–H and O–H groups in total. The molecule has 4 rings (SSSR count). The molecule has 0 bridgehead atoms. The first-order chi connectivity index (χ1) is 11.8. The van der Waals surface area contributed by atoms with Gasteiger partial charge < -0.3 is 4.90 Å². The number of anilines is 1. The predicted octanol–water partition coefficient (Wildman–Crippen LogP) is 1.28. The predicted molar refractivity (Wildman–Crippen MR) is 94.5 cm³/mol. The third-order valence-electron chi connectivity index (χ3n) is 4.59. The number of nitrogens with zero attached hydrogens (tertiary/aromatic N) is 5. The fourth-order valence-electron chi connectivity index (χ4n) is 3.03. The van der Waals surface area contributed by atoms with E-state index in [4.69, 9.17) is 10.1 Å². The van der Waals surface area contributed by atoms with Crippen molar-refractivity contribution in [3.8, 4) is 11.3 Å². The summed E-state index contributed by atoms with van der Waals surface area (Å²) in [5, 5.41) is 9.54. The number of fused-ring (bicyclic) bond motifs is 1. The lowest BCUT2D eigenvalue weighted by Crippen LogP contribution is -2.46. The van der Waals surface area contributed by atoms with Crippen LogP contribution in [0.3, 0.4) is 0 Å². The molecule has 130 valence electrons. The molecule has 1 aliphatic rings. The topological polar surface area (TPSA) is 107 Å². The Labute approximate surface area is 145 Å². The second-order valence-electron chi connectivity index (χ2n) is 6.28. The lowest BCUT2D eigenvalue weighted by Gasteiger charge is -2.38. The van der Waals surface area contributed by atoms with E-state index in [1.807, 2.05) is 13.1 Å². The minimum absolute atomic E-state index is 0.0535. The molecule has 25 heavy (non-hydrogen) atoms. The minimum atomic E-state index is -3.79. The molecule has 2 aromatic heterocycles. The van der Waals surface area contributed by atoms with Gasteiger partial charge in [0, 0.05) is 25.2 Å². The van der Waals surface area contributed by atoms with E-state index in [0.717, 1.165) is 24.0 Å². The van der Waals surface area contributed by atoms with E-state index in [0.29, 0.717) is 23.2 Å². The molecule has 1 saturated heterocycles. The van der Waals surface area contributed by atoms with Gasteiger partial charge in [-0.2, -0.15) is 5.10 Å². The summed E-state index contributed by atoms with van der Waals surface area (Å²) in [6.07, 6.45) is 2.79. The lowest BCUT2D eigenvalue weighted by atomic mass is 10.1. The Kier molecular flexibility index (Phi) is 3.51. The first-order valence-electron chi connectivity index (χ1n) is 7.94. The van der Waals surface area contributed by atoms with E-state index in [2.05, 4.69) is 21.9 Å². The Morgan fingerprint density at radius 3 is 2.72 bits per heavy atom. The molecule has 0 radical (unpaired) electrons. The smallest absolute Gasteiger partial charge is 0.238 e. The van der Waals surface area contributed by atoms with Gasteiger partial charge in [-0.15, -0.1) is 0 Å². The Morgan fingerprint density at radius 1 is 1.28 bits per heavy atom. The standard InChI is InChI=1S/C16H18N6O2S/c1-10-6-7-22(10)16-19-13-9-18-21(2)15(13)14(20-16)11-4-3-5-12(8-11)25(17,23)24/h3-5,8-10H,6-7H2,1-2H3,(H2,17,23,24)/t10-/m0/s1. The number of primary sulfonamides is 1. The molecule has 3 aromatic rings. The average Bonchev–Trinajstić information content (AvgIpc) is 2.93. The lowest BCUT2D eigenvalue weighted by molar-refractivity contribution is 0.471. The maximum Gasteiger partial charge on any atom is 0.238 e. The van der Waals surface area contributed by atoms with E-state index in [1.165, 1.54) is 12.1 Å². The minimum Gasteiger partial charge on any atom is -0.338 e. The van der Waals surface area contributed by atoms with Crippen molar-refractivity contribution >= 4 is 27.0 Å². The van der Waals surface area contributed by atoms with Gasteiger partial charge in [-0.1, -0.05) is 12.1 Å². The fraction of sp³-hybridized carbons (Fsp3) is 0.312. The molecule has 0 aliphatic carbocycles. The second kappa shape index (κ2) is 5.50. The van der Waals surface area contributed by atoms with Gasteiger partial charge in [-0.05, 0) is 25.5 Å². The number of nitrogens with two attached hydrogens (primary N) is 1. The van der Waals surface area contributed by atoms with Gasteiger partial charge in [-0.25, -0.2) is 23.5 Å². The summed E-state index contributed by atoms with van der Waals surface area (Å²) in [7, 11) is -1.98. The molecule has 8 nitrogen and oxygen atoms in total. The van der Waals surface area contributed by atoms with Gasteiger partial charge in [-0.3, -0.25) is 4.68 Å². The van der Waals surface area contributed by atoms with Crippen molar-refractivity contribution < 1.29 is 8.42 Å². The van der Waals surface area contributed by atoms with Crippen molar-refractivity contribution in [2.24, 2.45) is 12.2 Å². The van der Waals surface area contributed by atoms with Crippen LogP contribution >= 0.6 is 0 Å². The highest BCUT2D eigenvalue weighted by molar-refractivity contribution is 7.89. The fourth-order valence-corrected chi connectivity index (χ4v) is 3.59. The summed E-state index contributed by atoms with van der Waals surface area (Å²) in [6.45, 7) is 3.03. The van der Waals surface area contributed by atoms with Gasteiger partial charge >= 0.3 is 0 Å². The van der Waals surface area contributed by atoms with Crippen LogP contribution in [0.1, 0.15) is 13.3 Å². The molecule has 1 atom stereocenters. The van der Waals surface area contributed by atoms with E-state index < -0.39 is 10.0 Å². The number of sulfonamides is 1. The van der Waals surface area contributed by atoms with Crippen molar-refractivity contribution in [3.05, 3.63) is 30.5 Å². The summed E-state index contributed by atoms with van der Waals surface area (Å²) in [5.41, 5.74) is 2.78. The van der Waals surface area contributed by atoms with E-state index in [9.17, 15) is 8.42 Å². The van der Waals surface area contributed by atoms with Gasteiger partial charge in [0.1, 0.15) is 16.7 Å². The Morgan fingerprint density at radius 2 is 2.08 bits per heavy atom. The highest BCUT2D eigenvalue weighted by atomic mass is 32.2. The molecular weight excluding hydrogens is 340 g/mol. The first kappa shape index (κ1) is 16.0. The summed E-state index contributed by atoms with van der Waals surface area (Å²) in [6, 6.07) is 6.86. The summed E-state index contributed by atoms with van der Waals surface area (Å²) in [5.74, 6) is 0.634. The number of aryl methyl sites for hydroxylation is 1. The van der Waals surface area contributed by atoms with Crippen LogP contribution in [0, 0.1) is 0 Å². The molecule has 0 spiro atoms. The maximum atomic E-state index is 11.7. The van der Waals surface area contributed by atoms with Gasteiger partial charge in [0.2, 0.25) is 16.0 Å². The van der Waals surface area contributed by atoms with Crippen LogP contribution in [-0.2, 0) is 17.1 Å². The average molecular weight is 358 g/mol. The van der Waals surface area contributed by atoms with Gasteiger partial charge in [0.05, 0.1) is 11.1 Å². The van der Waals surface area contributed by atoms with Crippen LogP contribution in [0.5, 0.6) is 0 Å². The molecule has 1 aliphatic heterocycles. The Balaban J connectivity index is 1.95. The second-order valence-corrected chi connectivity index (χ2v) is 7.84. The number of hydrogen-bond donors (Lipinski definition) is 1. The first-order valence-corrected chi connectivity index (χ1v) is 9.49. The largest absolute Gasteiger partial charge is 0.338 e. The van der Waals surface area contributed by atoms with Crippen LogP contribution in [0.2, 0.25) is 0 Å². The number of hydrogen-bond acceptors (Lipinski definition) is 6. The van der Waals surface area contributed by atoms with Crippen LogP contribution in [0.15, 0.2) is 35.4 Å². The normalized spacial score (nSPS) is 17.7. The maximum absolute atomic E-state index is 11.7. The molecule has 1 fully saturated rings. The highest BCUT2D eigenvalue weighted by Crippen LogP contribution is 2.31. The van der Waals surface area contributed by atoms with Gasteiger partial charge in [0.15, 0.2) is 0 Å². The molecule has 1 aromatic carbocycles. The van der Waals surface area contributed by atoms with Crippen LogP contribution in [0.4, 0.5) is 5.95 Å². The summed E-state index contributed by atoms with van der Waals surface area (Å²) < 4.78 is 25.1. The number of benzene rings is 1. The third-order valence-corrected chi connectivity index (χ3v) is 5.50. The van der Waals surface area contributed by atoms with Crippen molar-refractivity contribution in [3.63, 3.8) is 0 Å². The molecule has 0 amide bonds. The van der Waals surface area contributed by atoms with Crippen LogP contribution < -0.4 is 10.0 Å². The van der Waals surface area contributed by atoms with Crippen molar-refractivity contribution in [1.82, 2.24) is 19.7 Å². The van der Waals surface area contributed by atoms with E-state index in [-0.39, 0.29) is 4.90 Å². The summed E-state index contributed by atoms with van der Waals surface area (Å²) >= 11 is 0. The zero-order valence-electron chi connectivity index (χ0n) is 13.9. The zero-order chi connectivity index (χ0) is 17.8. The van der Waals surface area contributed by atoms with Crippen LogP contribution in [-0.4, -0.2) is 40.8 Å². The third kappa shape index (κ3) is 2.65. The molecule has 9 heteroatoms. The number of rotatable bonds is 3.